The van der Waals surface area contributed by atoms with Crippen LogP contribution in [0.1, 0.15) is 36.4 Å². The summed E-state index contributed by atoms with van der Waals surface area (Å²) in [4.78, 5) is 1.74. The van der Waals surface area contributed by atoms with Crippen LogP contribution in [-0.2, 0) is 0 Å². The van der Waals surface area contributed by atoms with Crippen LogP contribution in [0.4, 0.5) is 0 Å². The molecule has 1 rings (SSSR count). The van der Waals surface area contributed by atoms with Gasteiger partial charge in [-0.3, -0.25) is 0 Å². The number of rotatable bonds is 4. The second-order valence-electron chi connectivity index (χ2n) is 3.44. The van der Waals surface area contributed by atoms with Crippen LogP contribution in [0.15, 0.2) is 9.85 Å². The highest BCUT2D eigenvalue weighted by molar-refractivity contribution is 9.11. The van der Waals surface area contributed by atoms with E-state index in [1.165, 1.54) is 17.7 Å². The van der Waals surface area contributed by atoms with Gasteiger partial charge in [0.1, 0.15) is 0 Å². The summed E-state index contributed by atoms with van der Waals surface area (Å²) < 4.78 is 1.03. The first-order valence-electron chi connectivity index (χ1n) is 4.65. The lowest BCUT2D eigenvalue weighted by atomic mass is 10.0. The highest BCUT2D eigenvalue weighted by Crippen LogP contribution is 2.42. The fourth-order valence-electron chi connectivity index (χ4n) is 1.38. The minimum Gasteiger partial charge on any atom is -0.130 e. The topological polar surface area (TPSA) is 0 Å². The maximum atomic E-state index is 6.00. The smallest absolute Gasteiger partial charge is 0.0887 e. The third-order valence-corrected chi connectivity index (χ3v) is 6.44. The molecule has 0 aromatic carbocycles. The minimum atomic E-state index is 0.427. The summed E-state index contributed by atoms with van der Waals surface area (Å²) in [5.41, 5.74) is 0. The monoisotopic (exact) mass is 358 g/mol. The quantitative estimate of drug-likeness (QED) is 0.575. The molecule has 0 N–H and O–H groups in total. The molecule has 0 aliphatic rings. The molecule has 80 valence electrons. The Hall–Kier alpha value is 0.950. The molecule has 2 atom stereocenters. The van der Waals surface area contributed by atoms with Crippen molar-refractivity contribution in [3.63, 3.8) is 0 Å². The van der Waals surface area contributed by atoms with E-state index < -0.39 is 0 Å². The van der Waals surface area contributed by atoms with Gasteiger partial charge in [0.2, 0.25) is 0 Å². The van der Waals surface area contributed by atoms with Crippen LogP contribution in [0.5, 0.6) is 0 Å². The first-order valence-corrected chi connectivity index (χ1v) is 7.55. The van der Waals surface area contributed by atoms with E-state index in [1.54, 1.807) is 11.3 Å². The lowest BCUT2D eigenvalue weighted by molar-refractivity contribution is 0.522. The zero-order valence-electron chi connectivity index (χ0n) is 8.19. The van der Waals surface area contributed by atoms with Gasteiger partial charge in [-0.05, 0) is 34.3 Å². The SMILES string of the molecule is CCCC(C)C(Br)c1cc(Cl)c(Br)s1. The normalized spacial score (nSPS) is 15.5. The first-order chi connectivity index (χ1) is 6.56. The van der Waals surface area contributed by atoms with E-state index in [0.717, 1.165) is 8.81 Å². The van der Waals surface area contributed by atoms with Crippen molar-refractivity contribution in [1.29, 1.82) is 0 Å². The fraction of sp³-hybridized carbons (Fsp3) is 0.600. The molecule has 0 aliphatic heterocycles. The van der Waals surface area contributed by atoms with Gasteiger partial charge in [-0.1, -0.05) is 47.8 Å². The third-order valence-electron chi connectivity index (χ3n) is 2.18. The molecule has 0 saturated carbocycles. The second kappa shape index (κ2) is 5.88. The number of alkyl halides is 1. The fourth-order valence-corrected chi connectivity index (χ4v) is 3.92. The zero-order chi connectivity index (χ0) is 10.7. The van der Waals surface area contributed by atoms with Crippen LogP contribution in [0.25, 0.3) is 0 Å². The summed E-state index contributed by atoms with van der Waals surface area (Å²) in [5.74, 6) is 0.654. The molecule has 0 nitrogen and oxygen atoms in total. The molecule has 0 aliphatic carbocycles. The van der Waals surface area contributed by atoms with E-state index in [4.69, 9.17) is 11.6 Å². The summed E-state index contributed by atoms with van der Waals surface area (Å²) in [6.07, 6.45) is 2.46. The van der Waals surface area contributed by atoms with Crippen LogP contribution in [-0.4, -0.2) is 0 Å². The van der Waals surface area contributed by atoms with Crippen molar-refractivity contribution in [2.45, 2.75) is 31.5 Å². The summed E-state index contributed by atoms with van der Waals surface area (Å²) in [6, 6.07) is 2.04. The number of hydrogen-bond acceptors (Lipinski definition) is 1. The van der Waals surface area contributed by atoms with E-state index >= 15 is 0 Å². The Labute approximate surface area is 111 Å². The van der Waals surface area contributed by atoms with E-state index in [2.05, 4.69) is 45.7 Å². The Bertz CT molecular complexity index is 279. The lowest BCUT2D eigenvalue weighted by Crippen LogP contribution is -2.00. The molecule has 1 aromatic rings. The maximum absolute atomic E-state index is 6.00. The summed E-state index contributed by atoms with van der Waals surface area (Å²) in [5, 5.41) is 0.818. The van der Waals surface area contributed by atoms with Gasteiger partial charge in [0.25, 0.3) is 0 Å². The Morgan fingerprint density at radius 1 is 1.57 bits per heavy atom. The van der Waals surface area contributed by atoms with Crippen LogP contribution in [0, 0.1) is 5.92 Å². The molecule has 0 saturated heterocycles. The molecule has 0 amide bonds. The first kappa shape index (κ1) is 13.0. The van der Waals surface area contributed by atoms with Crippen molar-refractivity contribution >= 4 is 54.8 Å². The molecular formula is C10H13Br2ClS. The highest BCUT2D eigenvalue weighted by Gasteiger charge is 2.18. The van der Waals surface area contributed by atoms with E-state index in [9.17, 15) is 0 Å². The Kier molecular flexibility index (Phi) is 5.47. The Morgan fingerprint density at radius 2 is 2.21 bits per heavy atom. The molecule has 0 bridgehead atoms. The van der Waals surface area contributed by atoms with Crippen molar-refractivity contribution in [3.05, 3.63) is 19.8 Å². The standard InChI is InChI=1S/C10H13Br2ClS/c1-3-4-6(2)9(11)8-5-7(13)10(12)14-8/h5-6,9H,3-4H2,1-2H3. The van der Waals surface area contributed by atoms with Crippen molar-refractivity contribution in [2.24, 2.45) is 5.92 Å². The Balaban J connectivity index is 2.73. The molecular weight excluding hydrogens is 347 g/mol. The predicted molar refractivity (Wildman–Crippen MR) is 72.8 cm³/mol. The Morgan fingerprint density at radius 3 is 2.64 bits per heavy atom. The maximum Gasteiger partial charge on any atom is 0.0887 e. The zero-order valence-corrected chi connectivity index (χ0v) is 12.9. The van der Waals surface area contributed by atoms with Crippen molar-refractivity contribution in [2.75, 3.05) is 0 Å². The van der Waals surface area contributed by atoms with Crippen molar-refractivity contribution < 1.29 is 0 Å². The van der Waals surface area contributed by atoms with Gasteiger partial charge in [0.05, 0.1) is 13.6 Å². The molecule has 1 heterocycles. The second-order valence-corrected chi connectivity index (χ2v) is 7.23. The lowest BCUT2D eigenvalue weighted by Gasteiger charge is -2.15. The average molecular weight is 361 g/mol. The summed E-state index contributed by atoms with van der Waals surface area (Å²) in [7, 11) is 0. The van der Waals surface area contributed by atoms with Crippen LogP contribution < -0.4 is 0 Å². The van der Waals surface area contributed by atoms with E-state index in [-0.39, 0.29) is 0 Å². The summed E-state index contributed by atoms with van der Waals surface area (Å²) >= 11 is 14.9. The van der Waals surface area contributed by atoms with Gasteiger partial charge in [-0.2, -0.15) is 0 Å². The number of thiophene rings is 1. The van der Waals surface area contributed by atoms with Gasteiger partial charge >= 0.3 is 0 Å². The molecule has 0 radical (unpaired) electrons. The average Bonchev–Trinajstić information content (AvgIpc) is 2.46. The highest BCUT2D eigenvalue weighted by atomic mass is 79.9. The van der Waals surface area contributed by atoms with Crippen LogP contribution in [0.3, 0.4) is 0 Å². The van der Waals surface area contributed by atoms with Gasteiger partial charge in [-0.25, -0.2) is 0 Å². The molecule has 4 heteroatoms. The van der Waals surface area contributed by atoms with Gasteiger partial charge in [-0.15, -0.1) is 11.3 Å². The van der Waals surface area contributed by atoms with E-state index in [0.29, 0.717) is 10.7 Å². The predicted octanol–water partition coefficient (Wildman–Crippen LogP) is 6.04. The summed E-state index contributed by atoms with van der Waals surface area (Å²) in [6.45, 7) is 4.48. The minimum absolute atomic E-state index is 0.427. The molecule has 1 aromatic heterocycles. The molecule has 14 heavy (non-hydrogen) atoms. The van der Waals surface area contributed by atoms with Gasteiger partial charge in [0.15, 0.2) is 0 Å². The molecule has 0 fully saturated rings. The van der Waals surface area contributed by atoms with Crippen LogP contribution >= 0.6 is 54.8 Å². The van der Waals surface area contributed by atoms with Crippen LogP contribution in [0.2, 0.25) is 5.02 Å². The van der Waals surface area contributed by atoms with Gasteiger partial charge in [0, 0.05) is 4.88 Å². The number of halogens is 3. The van der Waals surface area contributed by atoms with Crippen molar-refractivity contribution in [3.8, 4) is 0 Å². The molecule has 0 spiro atoms. The molecule has 2 unspecified atom stereocenters. The van der Waals surface area contributed by atoms with Gasteiger partial charge < -0.3 is 0 Å². The largest absolute Gasteiger partial charge is 0.130 e. The number of hydrogen-bond donors (Lipinski definition) is 0. The van der Waals surface area contributed by atoms with Crippen molar-refractivity contribution in [1.82, 2.24) is 0 Å². The third kappa shape index (κ3) is 3.22. The van der Waals surface area contributed by atoms with E-state index in [1.807, 2.05) is 6.07 Å².